The Balaban J connectivity index is 1.59. The molecule has 158 valence electrons. The number of halogens is 3. The summed E-state index contributed by atoms with van der Waals surface area (Å²) in [6.45, 7) is 1.01. The summed E-state index contributed by atoms with van der Waals surface area (Å²) in [6.07, 6.45) is -4.40. The Morgan fingerprint density at radius 3 is 2.30 bits per heavy atom. The SMILES string of the molecule is O=c1[nH]c(CNCc2cccc(C(F)(F)F)c2)nc(CNCc2ccccc2)c1O. The molecule has 0 fully saturated rings. The molecule has 0 aliphatic heterocycles. The topological polar surface area (TPSA) is 90.0 Å². The van der Waals surface area contributed by atoms with Gasteiger partial charge in [-0.15, -0.1) is 0 Å². The summed E-state index contributed by atoms with van der Waals surface area (Å²) in [5.41, 5.74) is 0.313. The molecule has 3 rings (SSSR count). The number of hydrogen-bond donors (Lipinski definition) is 4. The fourth-order valence-corrected chi connectivity index (χ4v) is 2.88. The number of aromatic hydroxyl groups is 1. The fraction of sp³-hybridized carbons (Fsp3) is 0.238. The van der Waals surface area contributed by atoms with Crippen molar-refractivity contribution in [2.75, 3.05) is 0 Å². The van der Waals surface area contributed by atoms with Crippen molar-refractivity contribution >= 4 is 0 Å². The maximum absolute atomic E-state index is 12.8. The van der Waals surface area contributed by atoms with Crippen molar-refractivity contribution in [1.29, 1.82) is 0 Å². The standard InChI is InChI=1S/C21H21F3N4O2/c22-21(23,24)16-8-4-7-15(9-16)11-26-13-18-27-17(19(29)20(30)28-18)12-25-10-14-5-2-1-3-6-14/h1-9,25-26,29H,10-13H2,(H,27,28,30). The Kier molecular flexibility index (Phi) is 6.86. The average molecular weight is 418 g/mol. The van der Waals surface area contributed by atoms with Gasteiger partial charge in [-0.3, -0.25) is 4.79 Å². The highest BCUT2D eigenvalue weighted by atomic mass is 19.4. The third kappa shape index (κ3) is 5.91. The molecule has 0 aliphatic carbocycles. The normalized spacial score (nSPS) is 11.6. The zero-order valence-electron chi connectivity index (χ0n) is 16.0. The summed E-state index contributed by atoms with van der Waals surface area (Å²) in [5, 5.41) is 16.0. The number of nitrogens with one attached hydrogen (secondary N) is 3. The van der Waals surface area contributed by atoms with E-state index in [2.05, 4.69) is 20.6 Å². The Labute approximate surface area is 170 Å². The number of hydrogen-bond acceptors (Lipinski definition) is 5. The Morgan fingerprint density at radius 1 is 0.900 bits per heavy atom. The number of nitrogens with zero attached hydrogens (tertiary/aromatic N) is 1. The lowest BCUT2D eigenvalue weighted by Gasteiger charge is -2.11. The van der Waals surface area contributed by atoms with E-state index in [1.165, 1.54) is 6.07 Å². The van der Waals surface area contributed by atoms with E-state index in [-0.39, 0.29) is 31.2 Å². The lowest BCUT2D eigenvalue weighted by atomic mass is 10.1. The zero-order chi connectivity index (χ0) is 21.6. The molecule has 2 aromatic carbocycles. The first-order valence-corrected chi connectivity index (χ1v) is 9.25. The molecular formula is C21H21F3N4O2. The van der Waals surface area contributed by atoms with Gasteiger partial charge >= 0.3 is 6.18 Å². The van der Waals surface area contributed by atoms with Crippen molar-refractivity contribution in [2.45, 2.75) is 32.4 Å². The van der Waals surface area contributed by atoms with E-state index in [4.69, 9.17) is 0 Å². The minimum atomic E-state index is -4.40. The van der Waals surface area contributed by atoms with Crippen LogP contribution in [0, 0.1) is 0 Å². The van der Waals surface area contributed by atoms with E-state index in [0.29, 0.717) is 12.1 Å². The molecule has 0 atom stereocenters. The van der Waals surface area contributed by atoms with Crippen LogP contribution in [0.25, 0.3) is 0 Å². The van der Waals surface area contributed by atoms with Gasteiger partial charge in [0.2, 0.25) is 5.75 Å². The van der Waals surface area contributed by atoms with Crippen molar-refractivity contribution in [2.24, 2.45) is 0 Å². The molecule has 3 aromatic rings. The Morgan fingerprint density at radius 2 is 1.57 bits per heavy atom. The summed E-state index contributed by atoms with van der Waals surface area (Å²) >= 11 is 0. The van der Waals surface area contributed by atoms with Gasteiger partial charge in [-0.05, 0) is 17.2 Å². The number of alkyl halides is 3. The Hall–Kier alpha value is -3.17. The number of rotatable bonds is 8. The van der Waals surface area contributed by atoms with Crippen LogP contribution in [-0.4, -0.2) is 15.1 Å². The molecule has 0 radical (unpaired) electrons. The van der Waals surface area contributed by atoms with E-state index in [1.54, 1.807) is 6.07 Å². The summed E-state index contributed by atoms with van der Waals surface area (Å²) in [5.74, 6) is -0.182. The quantitative estimate of drug-likeness (QED) is 0.452. The Bertz CT molecular complexity index is 1040. The summed E-state index contributed by atoms with van der Waals surface area (Å²) in [4.78, 5) is 18.7. The summed E-state index contributed by atoms with van der Waals surface area (Å²) in [6, 6.07) is 14.6. The van der Waals surface area contributed by atoms with E-state index in [0.717, 1.165) is 17.7 Å². The van der Waals surface area contributed by atoms with Crippen LogP contribution in [0.1, 0.15) is 28.2 Å². The van der Waals surface area contributed by atoms with Crippen LogP contribution in [0.3, 0.4) is 0 Å². The minimum Gasteiger partial charge on any atom is -0.502 e. The molecule has 0 aliphatic rings. The summed E-state index contributed by atoms with van der Waals surface area (Å²) < 4.78 is 38.4. The number of aromatic amines is 1. The van der Waals surface area contributed by atoms with Gasteiger partial charge in [0.05, 0.1) is 12.1 Å². The first-order valence-electron chi connectivity index (χ1n) is 9.25. The highest BCUT2D eigenvalue weighted by Gasteiger charge is 2.30. The molecule has 0 saturated carbocycles. The molecular weight excluding hydrogens is 397 g/mol. The first-order chi connectivity index (χ1) is 14.3. The molecule has 0 spiro atoms. The molecule has 9 heteroatoms. The highest BCUT2D eigenvalue weighted by molar-refractivity contribution is 5.26. The average Bonchev–Trinajstić information content (AvgIpc) is 2.72. The van der Waals surface area contributed by atoms with Gasteiger partial charge < -0.3 is 20.7 Å². The molecule has 0 amide bonds. The monoisotopic (exact) mass is 418 g/mol. The van der Waals surface area contributed by atoms with Crippen LogP contribution in [0.5, 0.6) is 5.75 Å². The second kappa shape index (κ2) is 9.55. The van der Waals surface area contributed by atoms with Gasteiger partial charge in [-0.2, -0.15) is 13.2 Å². The largest absolute Gasteiger partial charge is 0.502 e. The van der Waals surface area contributed by atoms with E-state index in [1.807, 2.05) is 30.3 Å². The van der Waals surface area contributed by atoms with Gasteiger partial charge in [0.15, 0.2) is 0 Å². The molecule has 0 unspecified atom stereocenters. The molecule has 6 nitrogen and oxygen atoms in total. The van der Waals surface area contributed by atoms with Gasteiger partial charge in [-0.1, -0.05) is 48.5 Å². The molecule has 4 N–H and O–H groups in total. The van der Waals surface area contributed by atoms with Crippen molar-refractivity contribution < 1.29 is 18.3 Å². The van der Waals surface area contributed by atoms with E-state index >= 15 is 0 Å². The lowest BCUT2D eigenvalue weighted by molar-refractivity contribution is -0.137. The molecule has 1 heterocycles. The third-order valence-corrected chi connectivity index (χ3v) is 4.36. The summed E-state index contributed by atoms with van der Waals surface area (Å²) in [7, 11) is 0. The van der Waals surface area contributed by atoms with E-state index < -0.39 is 23.0 Å². The molecule has 1 aromatic heterocycles. The van der Waals surface area contributed by atoms with Crippen LogP contribution in [0.4, 0.5) is 13.2 Å². The van der Waals surface area contributed by atoms with Gasteiger partial charge in [0, 0.05) is 19.6 Å². The maximum atomic E-state index is 12.8. The van der Waals surface area contributed by atoms with Crippen molar-refractivity contribution in [3.8, 4) is 5.75 Å². The second-order valence-corrected chi connectivity index (χ2v) is 6.70. The number of aromatic nitrogens is 2. The van der Waals surface area contributed by atoms with Crippen LogP contribution in [0.2, 0.25) is 0 Å². The van der Waals surface area contributed by atoms with Crippen molar-refractivity contribution in [3.05, 3.63) is 93.2 Å². The van der Waals surface area contributed by atoms with Gasteiger partial charge in [0.1, 0.15) is 11.5 Å². The number of benzene rings is 2. The predicted molar refractivity (Wildman–Crippen MR) is 105 cm³/mol. The van der Waals surface area contributed by atoms with Crippen LogP contribution in [-0.2, 0) is 32.4 Å². The van der Waals surface area contributed by atoms with Gasteiger partial charge in [0.25, 0.3) is 5.56 Å². The first kappa shape index (κ1) is 21.5. The van der Waals surface area contributed by atoms with Crippen LogP contribution < -0.4 is 16.2 Å². The third-order valence-electron chi connectivity index (χ3n) is 4.36. The smallest absolute Gasteiger partial charge is 0.416 e. The van der Waals surface area contributed by atoms with Crippen LogP contribution in [0.15, 0.2) is 59.4 Å². The molecule has 0 saturated heterocycles. The van der Waals surface area contributed by atoms with Crippen LogP contribution >= 0.6 is 0 Å². The zero-order valence-corrected chi connectivity index (χ0v) is 16.0. The number of H-pyrrole nitrogens is 1. The highest BCUT2D eigenvalue weighted by Crippen LogP contribution is 2.29. The second-order valence-electron chi connectivity index (χ2n) is 6.70. The van der Waals surface area contributed by atoms with Gasteiger partial charge in [-0.25, -0.2) is 4.98 Å². The molecule has 30 heavy (non-hydrogen) atoms. The fourth-order valence-electron chi connectivity index (χ4n) is 2.88. The minimum absolute atomic E-state index is 0.122. The maximum Gasteiger partial charge on any atom is 0.416 e. The van der Waals surface area contributed by atoms with Crippen molar-refractivity contribution in [1.82, 2.24) is 20.6 Å². The van der Waals surface area contributed by atoms with Crippen molar-refractivity contribution in [3.63, 3.8) is 0 Å². The van der Waals surface area contributed by atoms with E-state index in [9.17, 15) is 23.1 Å². The predicted octanol–water partition coefficient (Wildman–Crippen LogP) is 3.07. The lowest BCUT2D eigenvalue weighted by Crippen LogP contribution is -2.23. The molecule has 0 bridgehead atoms.